The van der Waals surface area contributed by atoms with Gasteiger partial charge in [-0.1, -0.05) is 11.6 Å². The monoisotopic (exact) mass is 338 g/mol. The Labute approximate surface area is 141 Å². The van der Waals surface area contributed by atoms with Crippen LogP contribution in [0.25, 0.3) is 0 Å². The average molecular weight is 338 g/mol. The highest BCUT2D eigenvalue weighted by molar-refractivity contribution is 7.84. The zero-order valence-electron chi connectivity index (χ0n) is 14.8. The summed E-state index contributed by atoms with van der Waals surface area (Å²) in [6.07, 6.45) is 5.51. The molecule has 0 saturated heterocycles. The fourth-order valence-corrected chi connectivity index (χ4v) is 3.34. The lowest BCUT2D eigenvalue weighted by atomic mass is 10.0. The molecule has 1 aromatic rings. The highest BCUT2D eigenvalue weighted by Crippen LogP contribution is 2.31. The molecule has 0 radical (unpaired) electrons. The Morgan fingerprint density at radius 1 is 1.22 bits per heavy atom. The third kappa shape index (κ3) is 5.20. The van der Waals surface area contributed by atoms with Crippen molar-refractivity contribution in [3.8, 4) is 5.75 Å². The van der Waals surface area contributed by atoms with Crippen LogP contribution in [-0.4, -0.2) is 30.7 Å². The molecule has 0 saturated carbocycles. The summed E-state index contributed by atoms with van der Waals surface area (Å²) >= 11 is 0. The van der Waals surface area contributed by atoms with Gasteiger partial charge >= 0.3 is 5.97 Å². The van der Waals surface area contributed by atoms with Crippen molar-refractivity contribution < 1.29 is 18.5 Å². The van der Waals surface area contributed by atoms with Crippen molar-refractivity contribution in [2.24, 2.45) is 0 Å². The molecule has 23 heavy (non-hydrogen) atoms. The predicted molar refractivity (Wildman–Crippen MR) is 93.5 cm³/mol. The molecule has 1 atom stereocenters. The number of rotatable bonds is 7. The average Bonchev–Trinajstić information content (AvgIpc) is 2.52. The van der Waals surface area contributed by atoms with Crippen molar-refractivity contribution >= 4 is 16.8 Å². The van der Waals surface area contributed by atoms with E-state index in [0.29, 0.717) is 19.3 Å². The smallest absolute Gasteiger partial charge is 0.305 e. The van der Waals surface area contributed by atoms with Crippen molar-refractivity contribution in [1.29, 1.82) is 0 Å². The van der Waals surface area contributed by atoms with Crippen LogP contribution >= 0.6 is 0 Å². The lowest BCUT2D eigenvalue weighted by molar-refractivity contribution is -0.140. The number of ether oxygens (including phenoxy) is 2. The number of benzene rings is 1. The van der Waals surface area contributed by atoms with Crippen molar-refractivity contribution in [2.45, 2.75) is 44.9 Å². The van der Waals surface area contributed by atoms with Crippen molar-refractivity contribution in [2.75, 3.05) is 20.5 Å². The Hall–Kier alpha value is -1.62. The minimum Gasteiger partial charge on any atom is -0.496 e. The quantitative estimate of drug-likeness (QED) is 0.564. The molecule has 0 aliphatic carbocycles. The maximum absolute atomic E-state index is 11.9. The molecule has 0 aliphatic heterocycles. The zero-order chi connectivity index (χ0) is 17.6. The summed E-state index contributed by atoms with van der Waals surface area (Å²) in [5, 5.41) is 0. The summed E-state index contributed by atoms with van der Waals surface area (Å²) in [5.41, 5.74) is 4.17. The van der Waals surface area contributed by atoms with E-state index < -0.39 is 10.8 Å². The van der Waals surface area contributed by atoms with Gasteiger partial charge in [0.1, 0.15) is 5.75 Å². The van der Waals surface area contributed by atoms with E-state index in [0.717, 1.165) is 32.9 Å². The fraction of sp³-hybridized carbons (Fsp3) is 0.500. The van der Waals surface area contributed by atoms with Gasteiger partial charge in [0, 0.05) is 17.6 Å². The molecule has 0 aliphatic rings. The third-order valence-corrected chi connectivity index (χ3v) is 5.05. The second-order valence-electron chi connectivity index (χ2n) is 5.60. The van der Waals surface area contributed by atoms with Crippen LogP contribution in [0.2, 0.25) is 0 Å². The van der Waals surface area contributed by atoms with E-state index in [4.69, 9.17) is 4.74 Å². The molecule has 5 heteroatoms. The first-order chi connectivity index (χ1) is 10.8. The van der Waals surface area contributed by atoms with Gasteiger partial charge in [-0.3, -0.25) is 9.00 Å². The zero-order valence-corrected chi connectivity index (χ0v) is 15.6. The number of methoxy groups -OCH3 is 2. The lowest BCUT2D eigenvalue weighted by Gasteiger charge is -2.16. The van der Waals surface area contributed by atoms with Gasteiger partial charge in [-0.05, 0) is 56.4 Å². The van der Waals surface area contributed by atoms with Gasteiger partial charge < -0.3 is 9.47 Å². The molecule has 0 heterocycles. The maximum Gasteiger partial charge on any atom is 0.305 e. The minimum absolute atomic E-state index is 0.204. The molecule has 1 rings (SSSR count). The van der Waals surface area contributed by atoms with Gasteiger partial charge in [0.15, 0.2) is 0 Å². The van der Waals surface area contributed by atoms with Crippen molar-refractivity contribution in [1.82, 2.24) is 0 Å². The SMILES string of the molecule is COC(=O)CC/C(C)=C/Cc1cc(S(C)=O)c(C)c(C)c1OC. The number of hydrogen-bond donors (Lipinski definition) is 0. The van der Waals surface area contributed by atoms with Gasteiger partial charge in [0.2, 0.25) is 0 Å². The Balaban J connectivity index is 3.03. The Bertz CT molecular complexity index is 632. The highest BCUT2D eigenvalue weighted by Gasteiger charge is 2.14. The molecule has 1 aromatic carbocycles. The van der Waals surface area contributed by atoms with E-state index in [9.17, 15) is 9.00 Å². The van der Waals surface area contributed by atoms with E-state index in [-0.39, 0.29) is 5.97 Å². The molecule has 0 fully saturated rings. The summed E-state index contributed by atoms with van der Waals surface area (Å²) < 4.78 is 22.1. The molecule has 0 aromatic heterocycles. The molecular formula is C18H26O4S. The number of carbonyl (C=O) groups is 1. The normalized spacial score (nSPS) is 12.9. The number of hydrogen-bond acceptors (Lipinski definition) is 4. The van der Waals surface area contributed by atoms with Crippen LogP contribution in [0.4, 0.5) is 0 Å². The maximum atomic E-state index is 11.9. The lowest BCUT2D eigenvalue weighted by Crippen LogP contribution is -2.02. The van der Waals surface area contributed by atoms with Gasteiger partial charge in [0.25, 0.3) is 0 Å². The van der Waals surface area contributed by atoms with Crippen LogP contribution in [0.3, 0.4) is 0 Å². The molecule has 0 amide bonds. The molecular weight excluding hydrogens is 312 g/mol. The Kier molecular flexibility index (Phi) is 7.49. The summed E-state index contributed by atoms with van der Waals surface area (Å²) in [7, 11) is 2.02. The number of esters is 1. The molecule has 0 bridgehead atoms. The van der Waals surface area contributed by atoms with Crippen LogP contribution in [-0.2, 0) is 26.8 Å². The second-order valence-corrected chi connectivity index (χ2v) is 6.95. The van der Waals surface area contributed by atoms with E-state index in [1.807, 2.05) is 26.8 Å². The summed E-state index contributed by atoms with van der Waals surface area (Å²) in [6.45, 7) is 5.95. The van der Waals surface area contributed by atoms with Crippen molar-refractivity contribution in [3.63, 3.8) is 0 Å². The fourth-order valence-electron chi connectivity index (χ4n) is 2.45. The summed E-state index contributed by atoms with van der Waals surface area (Å²) in [6, 6.07) is 1.96. The van der Waals surface area contributed by atoms with Gasteiger partial charge in [0.05, 0.1) is 25.0 Å². The van der Waals surface area contributed by atoms with Crippen LogP contribution in [0.5, 0.6) is 5.75 Å². The van der Waals surface area contributed by atoms with Crippen LogP contribution in [0, 0.1) is 13.8 Å². The van der Waals surface area contributed by atoms with Gasteiger partial charge in [-0.25, -0.2) is 0 Å². The molecule has 4 nitrogen and oxygen atoms in total. The first-order valence-corrected chi connectivity index (χ1v) is 9.10. The molecule has 0 spiro atoms. The van der Waals surface area contributed by atoms with Crippen LogP contribution in [0.1, 0.15) is 36.5 Å². The number of carbonyl (C=O) groups excluding carboxylic acids is 1. The topological polar surface area (TPSA) is 52.6 Å². The van der Waals surface area contributed by atoms with Crippen LogP contribution < -0.4 is 4.74 Å². The second kappa shape index (κ2) is 8.87. The van der Waals surface area contributed by atoms with Crippen molar-refractivity contribution in [3.05, 3.63) is 34.4 Å². The first kappa shape index (κ1) is 19.4. The predicted octanol–water partition coefficient (Wildman–Crippen LogP) is 3.49. The van der Waals surface area contributed by atoms with Gasteiger partial charge in [-0.15, -0.1) is 0 Å². The Morgan fingerprint density at radius 2 is 1.87 bits per heavy atom. The summed E-state index contributed by atoms with van der Waals surface area (Å²) in [4.78, 5) is 12.0. The van der Waals surface area contributed by atoms with E-state index in [1.54, 1.807) is 13.4 Å². The minimum atomic E-state index is -1.03. The van der Waals surface area contributed by atoms with Gasteiger partial charge in [-0.2, -0.15) is 0 Å². The Morgan fingerprint density at radius 3 is 2.39 bits per heavy atom. The highest BCUT2D eigenvalue weighted by atomic mass is 32.2. The molecule has 0 N–H and O–H groups in total. The standard InChI is InChI=1S/C18H26O4S/c1-12(8-10-17(19)21-4)7-9-15-11-16(23(6)20)13(2)14(3)18(15)22-5/h7,11H,8-10H2,1-6H3/b12-7+. The number of allylic oxidation sites excluding steroid dienone is 2. The molecule has 128 valence electrons. The summed E-state index contributed by atoms with van der Waals surface area (Å²) in [5.74, 6) is 0.638. The van der Waals surface area contributed by atoms with E-state index in [2.05, 4.69) is 10.8 Å². The van der Waals surface area contributed by atoms with E-state index in [1.165, 1.54) is 7.11 Å². The van der Waals surface area contributed by atoms with Crippen LogP contribution in [0.15, 0.2) is 22.6 Å². The third-order valence-electron chi connectivity index (χ3n) is 4.01. The molecule has 1 unspecified atom stereocenters. The first-order valence-electron chi connectivity index (χ1n) is 7.54. The largest absolute Gasteiger partial charge is 0.496 e. The van der Waals surface area contributed by atoms with E-state index >= 15 is 0 Å².